The summed E-state index contributed by atoms with van der Waals surface area (Å²) < 4.78 is 23.9. The van der Waals surface area contributed by atoms with Crippen LogP contribution in [0.1, 0.15) is 18.0 Å². The van der Waals surface area contributed by atoms with Crippen molar-refractivity contribution in [1.29, 1.82) is 0 Å². The van der Waals surface area contributed by atoms with Crippen LogP contribution in [0.25, 0.3) is 0 Å². The van der Waals surface area contributed by atoms with Crippen LogP contribution < -0.4 is 5.32 Å². The number of amides is 1. The zero-order valence-electron chi connectivity index (χ0n) is 11.1. The molecule has 1 heterocycles. The molecular weight excluding hydrogens is 264 g/mol. The average Bonchev–Trinajstić information content (AvgIpc) is 2.62. The van der Waals surface area contributed by atoms with Gasteiger partial charge in [0, 0.05) is 33.1 Å². The van der Waals surface area contributed by atoms with Gasteiger partial charge in [-0.05, 0) is 11.6 Å². The van der Waals surface area contributed by atoms with Crippen molar-refractivity contribution in [3.8, 4) is 0 Å². The maximum absolute atomic E-state index is 12.0. The number of benzene rings is 1. The number of carbonyl (C=O) groups excluding carboxylic acids is 1. The van der Waals surface area contributed by atoms with Gasteiger partial charge in [0.2, 0.25) is 5.91 Å². The summed E-state index contributed by atoms with van der Waals surface area (Å²) in [5.41, 5.74) is 0.805. The van der Waals surface area contributed by atoms with Crippen LogP contribution in [0.5, 0.6) is 0 Å². The van der Waals surface area contributed by atoms with Crippen LogP contribution in [0, 0.1) is 0 Å². The van der Waals surface area contributed by atoms with Crippen molar-refractivity contribution in [2.75, 3.05) is 26.4 Å². The third-order valence-corrected chi connectivity index (χ3v) is 5.06. The Labute approximate surface area is 113 Å². The monoisotopic (exact) mass is 282 g/mol. The van der Waals surface area contributed by atoms with Gasteiger partial charge in [0.05, 0.1) is 10.6 Å². The highest BCUT2D eigenvalue weighted by atomic mass is 32.2. The Bertz CT molecular complexity index is 581. The second-order valence-electron chi connectivity index (χ2n) is 4.86. The lowest BCUT2D eigenvalue weighted by Crippen LogP contribution is -2.29. The summed E-state index contributed by atoms with van der Waals surface area (Å²) in [6.07, 6.45) is 0.367. The molecule has 0 saturated heterocycles. The van der Waals surface area contributed by atoms with Crippen molar-refractivity contribution in [2.45, 2.75) is 17.4 Å². The van der Waals surface area contributed by atoms with Crippen molar-refractivity contribution >= 4 is 15.7 Å². The molecule has 1 amide bonds. The lowest BCUT2D eigenvalue weighted by molar-refractivity contribution is -0.128. The summed E-state index contributed by atoms with van der Waals surface area (Å²) in [4.78, 5) is 13.4. The van der Waals surface area contributed by atoms with E-state index in [0.29, 0.717) is 17.9 Å². The first kappa shape index (κ1) is 14.0. The minimum atomic E-state index is -3.18. The number of fused-ring (bicyclic) bond motifs is 1. The summed E-state index contributed by atoms with van der Waals surface area (Å²) in [6.45, 7) is 0.478. The average molecular weight is 282 g/mol. The lowest BCUT2D eigenvalue weighted by atomic mass is 10.1. The molecular formula is C13H18N2O3S. The van der Waals surface area contributed by atoms with Gasteiger partial charge in [0.15, 0.2) is 9.84 Å². The van der Waals surface area contributed by atoms with Gasteiger partial charge in [0.25, 0.3) is 0 Å². The van der Waals surface area contributed by atoms with Crippen molar-refractivity contribution in [1.82, 2.24) is 10.2 Å². The Morgan fingerprint density at radius 1 is 1.37 bits per heavy atom. The zero-order chi connectivity index (χ0) is 14.0. The zero-order valence-corrected chi connectivity index (χ0v) is 11.9. The molecule has 0 fully saturated rings. The molecule has 0 aliphatic carbocycles. The summed E-state index contributed by atoms with van der Waals surface area (Å²) >= 11 is 0. The van der Waals surface area contributed by atoms with E-state index in [9.17, 15) is 13.2 Å². The molecule has 0 saturated carbocycles. The SMILES string of the molecule is CN(C)C(=O)CCNC1CS(=O)(=O)c2ccccc21. The summed E-state index contributed by atoms with van der Waals surface area (Å²) in [7, 11) is 0.232. The van der Waals surface area contributed by atoms with Crippen molar-refractivity contribution < 1.29 is 13.2 Å². The van der Waals surface area contributed by atoms with Gasteiger partial charge < -0.3 is 10.2 Å². The molecule has 1 N–H and O–H groups in total. The Morgan fingerprint density at radius 2 is 2.05 bits per heavy atom. The highest BCUT2D eigenvalue weighted by Gasteiger charge is 2.33. The fourth-order valence-electron chi connectivity index (χ4n) is 2.20. The predicted octanol–water partition coefficient (Wildman–Crippen LogP) is 0.583. The third kappa shape index (κ3) is 2.96. The van der Waals surface area contributed by atoms with E-state index in [0.717, 1.165) is 5.56 Å². The topological polar surface area (TPSA) is 66.5 Å². The number of sulfone groups is 1. The highest BCUT2D eigenvalue weighted by Crippen LogP contribution is 2.32. The first-order valence-electron chi connectivity index (χ1n) is 6.17. The van der Waals surface area contributed by atoms with Crippen LogP contribution in [-0.4, -0.2) is 45.6 Å². The van der Waals surface area contributed by atoms with E-state index < -0.39 is 9.84 Å². The molecule has 1 aliphatic rings. The van der Waals surface area contributed by atoms with E-state index in [1.165, 1.54) is 4.90 Å². The van der Waals surface area contributed by atoms with Crippen LogP contribution >= 0.6 is 0 Å². The molecule has 1 aromatic rings. The molecule has 6 heteroatoms. The molecule has 0 radical (unpaired) electrons. The van der Waals surface area contributed by atoms with Gasteiger partial charge in [-0.15, -0.1) is 0 Å². The van der Waals surface area contributed by atoms with E-state index in [1.54, 1.807) is 26.2 Å². The number of hydrogen-bond donors (Lipinski definition) is 1. The molecule has 1 aliphatic heterocycles. The van der Waals surface area contributed by atoms with E-state index in [2.05, 4.69) is 5.32 Å². The fourth-order valence-corrected chi connectivity index (χ4v) is 3.97. The van der Waals surface area contributed by atoms with Gasteiger partial charge >= 0.3 is 0 Å². The van der Waals surface area contributed by atoms with Gasteiger partial charge in [-0.25, -0.2) is 8.42 Å². The molecule has 19 heavy (non-hydrogen) atoms. The quantitative estimate of drug-likeness (QED) is 0.877. The normalized spacial score (nSPS) is 20.0. The molecule has 0 bridgehead atoms. The summed E-state index contributed by atoms with van der Waals surface area (Å²) in [5, 5.41) is 3.15. The van der Waals surface area contributed by atoms with Gasteiger partial charge in [-0.2, -0.15) is 0 Å². The van der Waals surface area contributed by atoms with Crippen LogP contribution in [0.3, 0.4) is 0 Å². The summed E-state index contributed by atoms with van der Waals surface area (Å²) in [5.74, 6) is 0.101. The van der Waals surface area contributed by atoms with Crippen molar-refractivity contribution in [2.24, 2.45) is 0 Å². The highest BCUT2D eigenvalue weighted by molar-refractivity contribution is 7.91. The summed E-state index contributed by atoms with van der Waals surface area (Å²) in [6, 6.07) is 6.81. The molecule has 1 unspecified atom stereocenters. The lowest BCUT2D eigenvalue weighted by Gasteiger charge is -2.14. The molecule has 1 atom stereocenters. The standard InChI is InChI=1S/C13H18N2O3S/c1-15(2)13(16)7-8-14-11-9-19(17,18)12-6-4-3-5-10(11)12/h3-6,11,14H,7-9H2,1-2H3. The second kappa shape index (κ2) is 5.30. The van der Waals surface area contributed by atoms with Crippen molar-refractivity contribution in [3.05, 3.63) is 29.8 Å². The third-order valence-electron chi connectivity index (χ3n) is 3.24. The largest absolute Gasteiger partial charge is 0.349 e. The van der Waals surface area contributed by atoms with Gasteiger partial charge in [-0.1, -0.05) is 18.2 Å². The number of nitrogens with one attached hydrogen (secondary N) is 1. The molecule has 1 aromatic carbocycles. The van der Waals surface area contributed by atoms with Crippen molar-refractivity contribution in [3.63, 3.8) is 0 Å². The Kier molecular flexibility index (Phi) is 3.91. The second-order valence-corrected chi connectivity index (χ2v) is 6.87. The first-order chi connectivity index (χ1) is 8.92. The molecule has 2 rings (SSSR count). The number of carbonyl (C=O) groups is 1. The molecule has 0 spiro atoms. The van der Waals surface area contributed by atoms with Crippen LogP contribution in [-0.2, 0) is 14.6 Å². The molecule has 0 aromatic heterocycles. The van der Waals surface area contributed by atoms with E-state index >= 15 is 0 Å². The molecule has 104 valence electrons. The van der Waals surface area contributed by atoms with Crippen LogP contribution in [0.4, 0.5) is 0 Å². The number of hydrogen-bond acceptors (Lipinski definition) is 4. The Morgan fingerprint density at radius 3 is 2.74 bits per heavy atom. The predicted molar refractivity (Wildman–Crippen MR) is 72.5 cm³/mol. The number of nitrogens with zero attached hydrogens (tertiary/aromatic N) is 1. The van der Waals surface area contributed by atoms with Crippen LogP contribution in [0.2, 0.25) is 0 Å². The molecule has 5 nitrogen and oxygen atoms in total. The van der Waals surface area contributed by atoms with Gasteiger partial charge in [0.1, 0.15) is 0 Å². The maximum atomic E-state index is 12.0. The number of rotatable bonds is 4. The van der Waals surface area contributed by atoms with E-state index in [-0.39, 0.29) is 17.7 Å². The smallest absolute Gasteiger partial charge is 0.223 e. The maximum Gasteiger partial charge on any atom is 0.223 e. The van der Waals surface area contributed by atoms with E-state index in [1.807, 2.05) is 12.1 Å². The fraction of sp³-hybridized carbons (Fsp3) is 0.462. The Hall–Kier alpha value is -1.40. The first-order valence-corrected chi connectivity index (χ1v) is 7.82. The van der Waals surface area contributed by atoms with E-state index in [4.69, 9.17) is 0 Å². The minimum Gasteiger partial charge on any atom is -0.349 e. The van der Waals surface area contributed by atoms with Crippen LogP contribution in [0.15, 0.2) is 29.2 Å². The minimum absolute atomic E-state index is 0.0293. The Balaban J connectivity index is 2.03. The van der Waals surface area contributed by atoms with Gasteiger partial charge in [-0.3, -0.25) is 4.79 Å².